The molecule has 0 radical (unpaired) electrons. The lowest BCUT2D eigenvalue weighted by Crippen LogP contribution is -2.54. The van der Waals surface area contributed by atoms with E-state index in [1.807, 2.05) is 36.4 Å². The van der Waals surface area contributed by atoms with Crippen LogP contribution in [0.3, 0.4) is 0 Å². The van der Waals surface area contributed by atoms with Gasteiger partial charge in [0.2, 0.25) is 11.8 Å². The smallest absolute Gasteiger partial charge is 0.221 e. The number of carbonyl (C=O) groups excluding carboxylic acids is 2. The third-order valence-corrected chi connectivity index (χ3v) is 8.73. The molecule has 2 aromatic rings. The predicted molar refractivity (Wildman–Crippen MR) is 135 cm³/mol. The van der Waals surface area contributed by atoms with Crippen LogP contribution < -0.4 is 10.6 Å². The quantitative estimate of drug-likeness (QED) is 0.501. The fourth-order valence-electron chi connectivity index (χ4n) is 7.98. The number of benzene rings is 2. The molecule has 4 atom stereocenters. The van der Waals surface area contributed by atoms with Crippen molar-refractivity contribution in [2.75, 3.05) is 0 Å². The molecule has 2 unspecified atom stereocenters. The van der Waals surface area contributed by atoms with Crippen molar-refractivity contribution in [1.82, 2.24) is 10.6 Å². The van der Waals surface area contributed by atoms with Gasteiger partial charge in [-0.2, -0.15) is 0 Å². The molecule has 0 aliphatic heterocycles. The van der Waals surface area contributed by atoms with E-state index in [4.69, 9.17) is 0 Å². The second kappa shape index (κ2) is 9.20. The summed E-state index contributed by atoms with van der Waals surface area (Å²) in [5.41, 5.74) is 2.41. The van der Waals surface area contributed by atoms with E-state index in [0.717, 1.165) is 43.2 Å². The maximum atomic E-state index is 13.1. The molecule has 180 valence electrons. The van der Waals surface area contributed by atoms with Gasteiger partial charge in [-0.05, 0) is 86.2 Å². The Balaban J connectivity index is 1.24. The first-order valence-corrected chi connectivity index (χ1v) is 13.0. The zero-order chi connectivity index (χ0) is 23.8. The number of nitrogens with one attached hydrogen (secondary N) is 2. The number of hydrogen-bond donors (Lipinski definition) is 2. The zero-order valence-corrected chi connectivity index (χ0v) is 20.6. The van der Waals surface area contributed by atoms with Crippen LogP contribution in [0.4, 0.5) is 0 Å². The first-order chi connectivity index (χ1) is 16.3. The summed E-state index contributed by atoms with van der Waals surface area (Å²) in [5, 5.41) is 6.50. The predicted octanol–water partition coefficient (Wildman–Crippen LogP) is 6.11. The van der Waals surface area contributed by atoms with Gasteiger partial charge in [0.25, 0.3) is 0 Å². The van der Waals surface area contributed by atoms with Crippen LogP contribution in [0.5, 0.6) is 0 Å². The molecule has 4 saturated carbocycles. The lowest BCUT2D eigenvalue weighted by Gasteiger charge is -2.62. The molecule has 4 fully saturated rings. The average Bonchev–Trinajstić information content (AvgIpc) is 2.78. The maximum absolute atomic E-state index is 13.1. The largest absolute Gasteiger partial charge is 0.350 e. The molecule has 4 aliphatic rings. The highest BCUT2D eigenvalue weighted by molar-refractivity contribution is 5.78. The molecule has 6 rings (SSSR count). The summed E-state index contributed by atoms with van der Waals surface area (Å²) in [4.78, 5) is 26.3. The Kier molecular flexibility index (Phi) is 6.26. The van der Waals surface area contributed by atoms with Crippen LogP contribution in [-0.4, -0.2) is 11.8 Å². The van der Waals surface area contributed by atoms with Gasteiger partial charge >= 0.3 is 0 Å². The van der Waals surface area contributed by atoms with Crippen molar-refractivity contribution in [2.24, 2.45) is 22.7 Å². The fraction of sp³-hybridized carbons (Fsp3) is 0.533. The first-order valence-electron chi connectivity index (χ1n) is 13.0. The lowest BCUT2D eigenvalue weighted by atomic mass is 9.43. The van der Waals surface area contributed by atoms with Crippen LogP contribution in [0.2, 0.25) is 0 Å². The molecule has 4 heteroatoms. The van der Waals surface area contributed by atoms with Crippen LogP contribution in [0.1, 0.15) is 88.4 Å². The monoisotopic (exact) mass is 458 g/mol. The highest BCUT2D eigenvalue weighted by Crippen LogP contribution is 2.67. The van der Waals surface area contributed by atoms with E-state index in [9.17, 15) is 9.59 Å². The number of hydrogen-bond acceptors (Lipinski definition) is 2. The molecule has 4 bridgehead atoms. The van der Waals surface area contributed by atoms with Crippen LogP contribution in [0, 0.1) is 22.7 Å². The Morgan fingerprint density at radius 3 is 1.50 bits per heavy atom. The molecule has 2 amide bonds. The molecule has 0 saturated heterocycles. The summed E-state index contributed by atoms with van der Waals surface area (Å²) < 4.78 is 0. The van der Waals surface area contributed by atoms with Gasteiger partial charge in [0, 0.05) is 12.8 Å². The van der Waals surface area contributed by atoms with Crippen molar-refractivity contribution < 1.29 is 9.59 Å². The average molecular weight is 459 g/mol. The van der Waals surface area contributed by atoms with Gasteiger partial charge in [-0.25, -0.2) is 0 Å². The molecule has 4 aliphatic carbocycles. The minimum Gasteiger partial charge on any atom is -0.350 e. The van der Waals surface area contributed by atoms with E-state index in [-0.39, 0.29) is 34.7 Å². The van der Waals surface area contributed by atoms with Crippen LogP contribution in [0.25, 0.3) is 0 Å². The highest BCUT2D eigenvalue weighted by Gasteiger charge is 2.58. The van der Waals surface area contributed by atoms with Gasteiger partial charge in [-0.1, -0.05) is 60.7 Å². The molecule has 0 heterocycles. The van der Waals surface area contributed by atoms with Crippen molar-refractivity contribution in [3.63, 3.8) is 0 Å². The summed E-state index contributed by atoms with van der Waals surface area (Å²) >= 11 is 0. The van der Waals surface area contributed by atoms with Gasteiger partial charge in [-0.3, -0.25) is 9.59 Å². The van der Waals surface area contributed by atoms with E-state index in [2.05, 4.69) is 48.7 Å². The molecule has 0 aromatic heterocycles. The molecular weight excluding hydrogens is 420 g/mol. The third-order valence-electron chi connectivity index (χ3n) is 8.73. The van der Waals surface area contributed by atoms with Crippen LogP contribution in [-0.2, 0) is 9.59 Å². The Bertz CT molecular complexity index is 925. The lowest BCUT2D eigenvalue weighted by molar-refractivity contribution is -0.146. The SMILES string of the molecule is C[C@H](NC(=O)CC12CC3CC(C1)CC(CC(=O)N[C@H](C)c1ccccc1)(C3)C2)c1ccccc1. The summed E-state index contributed by atoms with van der Waals surface area (Å²) in [6.07, 6.45) is 8.12. The molecule has 2 N–H and O–H groups in total. The summed E-state index contributed by atoms with van der Waals surface area (Å²) in [7, 11) is 0. The first kappa shape index (κ1) is 23.1. The Morgan fingerprint density at radius 1 is 0.735 bits per heavy atom. The number of carbonyl (C=O) groups is 2. The van der Waals surface area contributed by atoms with E-state index >= 15 is 0 Å². The topological polar surface area (TPSA) is 58.2 Å². The highest BCUT2D eigenvalue weighted by atomic mass is 16.2. The second-order valence-electron chi connectivity index (χ2n) is 11.7. The summed E-state index contributed by atoms with van der Waals surface area (Å²) in [5.74, 6) is 1.66. The molecule has 2 aromatic carbocycles. The fourth-order valence-corrected chi connectivity index (χ4v) is 7.98. The van der Waals surface area contributed by atoms with Gasteiger partial charge in [0.05, 0.1) is 12.1 Å². The third kappa shape index (κ3) is 4.92. The summed E-state index contributed by atoms with van der Waals surface area (Å²) in [6.45, 7) is 4.12. The minimum atomic E-state index is 0.0156. The molecule has 34 heavy (non-hydrogen) atoms. The number of rotatable bonds is 8. The van der Waals surface area contributed by atoms with Crippen molar-refractivity contribution in [3.05, 3.63) is 71.8 Å². The van der Waals surface area contributed by atoms with E-state index < -0.39 is 0 Å². The minimum absolute atomic E-state index is 0.0156. The standard InChI is InChI=1S/C30H38N2O2/c1-21(25-9-5-3-6-10-25)31-27(33)18-29-14-23-13-24(15-29)17-30(16-23,20-29)19-28(34)32-22(2)26-11-7-4-8-12-26/h3-12,21-24H,13-20H2,1-2H3,(H,31,33)(H,32,34)/t21-,22+,23?,24?,29?,30?. The molecular formula is C30H38N2O2. The van der Waals surface area contributed by atoms with E-state index in [1.165, 1.54) is 6.42 Å². The van der Waals surface area contributed by atoms with Crippen molar-refractivity contribution in [2.45, 2.75) is 77.3 Å². The number of amides is 2. The van der Waals surface area contributed by atoms with Gasteiger partial charge in [-0.15, -0.1) is 0 Å². The van der Waals surface area contributed by atoms with Gasteiger partial charge in [0.15, 0.2) is 0 Å². The normalized spacial score (nSPS) is 31.0. The van der Waals surface area contributed by atoms with Crippen LogP contribution >= 0.6 is 0 Å². The second-order valence-corrected chi connectivity index (χ2v) is 11.7. The Hall–Kier alpha value is -2.62. The van der Waals surface area contributed by atoms with E-state index in [1.54, 1.807) is 0 Å². The Morgan fingerprint density at radius 2 is 1.12 bits per heavy atom. The molecule has 4 nitrogen and oxygen atoms in total. The van der Waals surface area contributed by atoms with Gasteiger partial charge < -0.3 is 10.6 Å². The van der Waals surface area contributed by atoms with Crippen molar-refractivity contribution in [1.29, 1.82) is 0 Å². The van der Waals surface area contributed by atoms with Crippen molar-refractivity contribution in [3.8, 4) is 0 Å². The Labute approximate surface area is 203 Å². The van der Waals surface area contributed by atoms with E-state index in [0.29, 0.717) is 24.7 Å². The molecule has 0 spiro atoms. The van der Waals surface area contributed by atoms with Crippen molar-refractivity contribution >= 4 is 11.8 Å². The maximum Gasteiger partial charge on any atom is 0.221 e. The van der Waals surface area contributed by atoms with Crippen LogP contribution in [0.15, 0.2) is 60.7 Å². The zero-order valence-electron chi connectivity index (χ0n) is 20.6. The van der Waals surface area contributed by atoms with Gasteiger partial charge in [0.1, 0.15) is 0 Å². The summed E-state index contributed by atoms with van der Waals surface area (Å²) in [6, 6.07) is 20.4.